The molecule has 3 saturated carbocycles. The fraction of sp³-hybridized carbons (Fsp3) is 1.00. The molecule has 0 heterocycles. The first-order valence-corrected chi connectivity index (χ1v) is 10.8. The molecule has 3 aliphatic carbocycles. The van der Waals surface area contributed by atoms with E-state index in [1.54, 1.807) is 6.92 Å². The van der Waals surface area contributed by atoms with Gasteiger partial charge in [-0.1, -0.05) is 29.5 Å². The fourth-order valence-electron chi connectivity index (χ4n) is 5.43. The van der Waals surface area contributed by atoms with E-state index in [0.29, 0.717) is 36.0 Å². The van der Waals surface area contributed by atoms with Crippen molar-refractivity contribution >= 4 is 22.6 Å². The smallest absolute Gasteiger partial charge is 0.134 e. The van der Waals surface area contributed by atoms with Crippen LogP contribution >= 0.6 is 22.6 Å². The van der Waals surface area contributed by atoms with Crippen molar-refractivity contribution in [3.8, 4) is 0 Å². The molecule has 24 heavy (non-hydrogen) atoms. The highest BCUT2D eigenvalue weighted by Gasteiger charge is 2.47. The summed E-state index contributed by atoms with van der Waals surface area (Å²) in [5.41, 5.74) is 0. The Morgan fingerprint density at radius 1 is 0.667 bits per heavy atom. The fourth-order valence-corrected chi connectivity index (χ4v) is 6.28. The zero-order valence-electron chi connectivity index (χ0n) is 14.3. The predicted molar refractivity (Wildman–Crippen MR) is 97.5 cm³/mol. The summed E-state index contributed by atoms with van der Waals surface area (Å²) in [6.07, 6.45) is 0.474. The van der Waals surface area contributed by atoms with E-state index in [0.717, 1.165) is 19.3 Å². The van der Waals surface area contributed by atoms with Crippen molar-refractivity contribution in [1.29, 1.82) is 0 Å². The summed E-state index contributed by atoms with van der Waals surface area (Å²) in [7, 11) is 0. The number of hydrogen-bond acceptors (Lipinski definition) is 0. The molecular weight excluding hydrogens is 431 g/mol. The van der Waals surface area contributed by atoms with Gasteiger partial charge in [0.25, 0.3) is 0 Å². The summed E-state index contributed by atoms with van der Waals surface area (Å²) >= 11 is 2.29. The maximum atomic E-state index is 14.8. The Hall–Kier alpha value is 0.450. The predicted octanol–water partition coefficient (Wildman–Crippen LogP) is 6.40. The van der Waals surface area contributed by atoms with Crippen LogP contribution in [-0.2, 0) is 0 Å². The van der Waals surface area contributed by atoms with Gasteiger partial charge in [0.2, 0.25) is 0 Å². The molecular formula is C19H29F4I. The van der Waals surface area contributed by atoms with Crippen molar-refractivity contribution in [3.63, 3.8) is 0 Å². The maximum Gasteiger partial charge on any atom is 0.134 e. The summed E-state index contributed by atoms with van der Waals surface area (Å²) in [6.45, 7) is 1.76. The van der Waals surface area contributed by atoms with E-state index in [4.69, 9.17) is 0 Å². The molecule has 140 valence electrons. The van der Waals surface area contributed by atoms with Gasteiger partial charge in [0.05, 0.1) is 0 Å². The lowest BCUT2D eigenvalue weighted by molar-refractivity contribution is -0.0341. The van der Waals surface area contributed by atoms with Crippen molar-refractivity contribution in [3.05, 3.63) is 0 Å². The van der Waals surface area contributed by atoms with Crippen molar-refractivity contribution in [1.82, 2.24) is 0 Å². The Balaban J connectivity index is 1.59. The third-order valence-corrected chi connectivity index (χ3v) is 8.12. The van der Waals surface area contributed by atoms with Gasteiger partial charge in [-0.15, -0.1) is 0 Å². The van der Waals surface area contributed by atoms with Gasteiger partial charge in [0, 0.05) is 3.92 Å². The molecule has 3 aliphatic rings. The molecule has 0 spiro atoms. The van der Waals surface area contributed by atoms with Crippen molar-refractivity contribution < 1.29 is 17.6 Å². The largest absolute Gasteiger partial charge is 0.247 e. The third-order valence-electron chi connectivity index (χ3n) is 6.99. The second-order valence-corrected chi connectivity index (χ2v) is 10.2. The van der Waals surface area contributed by atoms with Gasteiger partial charge < -0.3 is 0 Å². The van der Waals surface area contributed by atoms with Crippen LogP contribution in [0.5, 0.6) is 0 Å². The van der Waals surface area contributed by atoms with Crippen LogP contribution in [0.1, 0.15) is 58.3 Å². The number of halogens is 5. The molecule has 0 N–H and O–H groups in total. The van der Waals surface area contributed by atoms with Gasteiger partial charge >= 0.3 is 0 Å². The quantitative estimate of drug-likeness (QED) is 0.254. The molecule has 10 atom stereocenters. The average Bonchev–Trinajstić information content (AvgIpc) is 2.53. The minimum absolute atomic E-state index is 0.0732. The SMILES string of the molecule is CC1CCC(C2CCC(C3CCC(I)CC3F)C(F)C2)C(F)C1F. The second kappa shape index (κ2) is 7.99. The highest BCUT2D eigenvalue weighted by atomic mass is 127. The minimum atomic E-state index is -1.45. The molecule has 0 bridgehead atoms. The highest BCUT2D eigenvalue weighted by molar-refractivity contribution is 14.1. The first-order valence-electron chi connectivity index (χ1n) is 9.58. The minimum Gasteiger partial charge on any atom is -0.247 e. The molecule has 0 aromatic heterocycles. The van der Waals surface area contributed by atoms with Crippen LogP contribution < -0.4 is 0 Å². The zero-order valence-corrected chi connectivity index (χ0v) is 16.5. The van der Waals surface area contributed by atoms with Crippen LogP contribution in [0.25, 0.3) is 0 Å². The monoisotopic (exact) mass is 460 g/mol. The van der Waals surface area contributed by atoms with Gasteiger partial charge in [-0.25, -0.2) is 17.6 Å². The van der Waals surface area contributed by atoms with Gasteiger partial charge in [0.15, 0.2) is 0 Å². The van der Waals surface area contributed by atoms with E-state index in [9.17, 15) is 17.6 Å². The maximum absolute atomic E-state index is 14.8. The van der Waals surface area contributed by atoms with E-state index in [2.05, 4.69) is 22.6 Å². The van der Waals surface area contributed by atoms with Crippen LogP contribution in [0.2, 0.25) is 0 Å². The Labute approximate surface area is 156 Å². The molecule has 5 heteroatoms. The molecule has 0 saturated heterocycles. The van der Waals surface area contributed by atoms with E-state index < -0.39 is 24.7 Å². The number of rotatable bonds is 2. The Morgan fingerprint density at radius 2 is 1.25 bits per heavy atom. The third kappa shape index (κ3) is 3.90. The van der Waals surface area contributed by atoms with E-state index >= 15 is 0 Å². The van der Waals surface area contributed by atoms with Gasteiger partial charge in [0.1, 0.15) is 24.7 Å². The first kappa shape index (κ1) is 19.2. The van der Waals surface area contributed by atoms with Crippen molar-refractivity contribution in [2.24, 2.45) is 29.6 Å². The lowest BCUT2D eigenvalue weighted by Crippen LogP contribution is -2.45. The van der Waals surface area contributed by atoms with Crippen molar-refractivity contribution in [2.75, 3.05) is 0 Å². The molecule has 0 radical (unpaired) electrons. The van der Waals surface area contributed by atoms with Gasteiger partial charge in [-0.2, -0.15) is 0 Å². The Morgan fingerprint density at radius 3 is 1.88 bits per heavy atom. The molecule has 10 unspecified atom stereocenters. The van der Waals surface area contributed by atoms with Crippen LogP contribution in [0.4, 0.5) is 17.6 Å². The van der Waals surface area contributed by atoms with Crippen LogP contribution in [0.15, 0.2) is 0 Å². The Kier molecular flexibility index (Phi) is 6.40. The molecule has 3 rings (SSSR count). The van der Waals surface area contributed by atoms with Gasteiger partial charge in [-0.3, -0.25) is 0 Å². The summed E-state index contributed by atoms with van der Waals surface area (Å²) < 4.78 is 58.0. The number of alkyl halides is 5. The molecule has 0 aromatic carbocycles. The lowest BCUT2D eigenvalue weighted by atomic mass is 9.64. The summed E-state index contributed by atoms with van der Waals surface area (Å²) in [5, 5.41) is 0. The standard InChI is InChI=1S/C19H29F4I/c1-10-2-5-13(19(23)18(10)22)11-3-6-14(16(20)8-11)15-7-4-12(24)9-17(15)21/h10-19H,2-9H2,1H3. The van der Waals surface area contributed by atoms with E-state index in [1.807, 2.05) is 0 Å². The van der Waals surface area contributed by atoms with Crippen molar-refractivity contribution in [2.45, 2.75) is 86.9 Å². The van der Waals surface area contributed by atoms with E-state index in [1.165, 1.54) is 0 Å². The first-order chi connectivity index (χ1) is 11.4. The Bertz CT molecular complexity index is 420. The molecule has 0 nitrogen and oxygen atoms in total. The van der Waals surface area contributed by atoms with Crippen LogP contribution in [-0.4, -0.2) is 28.6 Å². The highest BCUT2D eigenvalue weighted by Crippen LogP contribution is 2.48. The van der Waals surface area contributed by atoms with Crippen LogP contribution in [0, 0.1) is 29.6 Å². The topological polar surface area (TPSA) is 0 Å². The molecule has 0 amide bonds. The zero-order chi connectivity index (χ0) is 17.4. The summed E-state index contributed by atoms with van der Waals surface area (Å²) in [5.74, 6) is -1.04. The normalized spacial score (nSPS) is 53.8. The van der Waals surface area contributed by atoms with Gasteiger partial charge in [-0.05, 0) is 81.0 Å². The molecule has 0 aromatic rings. The number of hydrogen-bond donors (Lipinski definition) is 0. The summed E-state index contributed by atoms with van der Waals surface area (Å²) in [4.78, 5) is 0. The summed E-state index contributed by atoms with van der Waals surface area (Å²) in [6, 6.07) is 0. The average molecular weight is 460 g/mol. The molecule has 0 aliphatic heterocycles. The van der Waals surface area contributed by atoms with E-state index in [-0.39, 0.29) is 29.6 Å². The second-order valence-electron chi connectivity index (χ2n) is 8.45. The lowest BCUT2D eigenvalue weighted by Gasteiger charge is -2.44. The molecule has 3 fully saturated rings. The van der Waals surface area contributed by atoms with Crippen LogP contribution in [0.3, 0.4) is 0 Å².